The minimum Gasteiger partial charge on any atom is -0.481 e. The topological polar surface area (TPSA) is 53.4 Å². The zero-order valence-electron chi connectivity index (χ0n) is 11.7. The standard InChI is InChI=1S/C16H18N2O2S/c19-15(20)8-9-18(14-6-7-14)10-13-11-21-16(17-13)12-4-2-1-3-5-12/h1-5,11,14H,6-10H2,(H,19,20). The summed E-state index contributed by atoms with van der Waals surface area (Å²) >= 11 is 1.65. The van der Waals surface area contributed by atoms with Crippen LogP contribution in [-0.2, 0) is 11.3 Å². The van der Waals surface area contributed by atoms with Crippen molar-refractivity contribution in [2.75, 3.05) is 6.54 Å². The van der Waals surface area contributed by atoms with Crippen LogP contribution in [0.15, 0.2) is 35.7 Å². The third-order valence-electron chi connectivity index (χ3n) is 3.61. The monoisotopic (exact) mass is 302 g/mol. The van der Waals surface area contributed by atoms with E-state index in [1.54, 1.807) is 11.3 Å². The van der Waals surface area contributed by atoms with Crippen LogP contribution in [-0.4, -0.2) is 33.5 Å². The second-order valence-corrected chi connectivity index (χ2v) is 6.21. The van der Waals surface area contributed by atoms with Crippen molar-refractivity contribution < 1.29 is 9.90 Å². The van der Waals surface area contributed by atoms with Gasteiger partial charge in [0.1, 0.15) is 5.01 Å². The minimum atomic E-state index is -0.732. The quantitative estimate of drug-likeness (QED) is 0.853. The fraction of sp³-hybridized carbons (Fsp3) is 0.375. The summed E-state index contributed by atoms with van der Waals surface area (Å²) in [5.41, 5.74) is 2.17. The Morgan fingerprint density at radius 2 is 2.10 bits per heavy atom. The molecule has 1 fully saturated rings. The number of rotatable bonds is 7. The molecule has 0 bridgehead atoms. The molecule has 0 aliphatic heterocycles. The molecule has 1 aromatic heterocycles. The van der Waals surface area contributed by atoms with Crippen LogP contribution in [0.25, 0.3) is 10.6 Å². The smallest absolute Gasteiger partial charge is 0.304 e. The molecule has 1 saturated carbocycles. The van der Waals surface area contributed by atoms with Crippen LogP contribution < -0.4 is 0 Å². The third-order valence-corrected chi connectivity index (χ3v) is 4.55. The lowest BCUT2D eigenvalue weighted by molar-refractivity contribution is -0.137. The average Bonchev–Trinajstić information content (AvgIpc) is 3.23. The molecule has 0 saturated heterocycles. The van der Waals surface area contributed by atoms with Gasteiger partial charge in [-0.1, -0.05) is 30.3 Å². The van der Waals surface area contributed by atoms with Crippen LogP contribution in [0.4, 0.5) is 0 Å². The lowest BCUT2D eigenvalue weighted by atomic mass is 10.2. The van der Waals surface area contributed by atoms with Gasteiger partial charge < -0.3 is 5.11 Å². The number of hydrogen-bond acceptors (Lipinski definition) is 4. The first-order chi connectivity index (χ1) is 10.2. The van der Waals surface area contributed by atoms with E-state index in [4.69, 9.17) is 5.11 Å². The summed E-state index contributed by atoms with van der Waals surface area (Å²) in [4.78, 5) is 17.7. The van der Waals surface area contributed by atoms with E-state index in [1.165, 1.54) is 12.8 Å². The lowest BCUT2D eigenvalue weighted by Gasteiger charge is -2.19. The molecule has 0 spiro atoms. The van der Waals surface area contributed by atoms with Crippen molar-refractivity contribution in [2.24, 2.45) is 0 Å². The second-order valence-electron chi connectivity index (χ2n) is 5.36. The zero-order valence-corrected chi connectivity index (χ0v) is 12.6. The minimum absolute atomic E-state index is 0.201. The highest BCUT2D eigenvalue weighted by Gasteiger charge is 2.29. The molecule has 0 radical (unpaired) electrons. The molecule has 3 rings (SSSR count). The highest BCUT2D eigenvalue weighted by atomic mass is 32.1. The van der Waals surface area contributed by atoms with Crippen molar-refractivity contribution >= 4 is 17.3 Å². The third kappa shape index (κ3) is 3.89. The normalized spacial score (nSPS) is 14.5. The van der Waals surface area contributed by atoms with Crippen LogP contribution in [0.2, 0.25) is 0 Å². The summed E-state index contributed by atoms with van der Waals surface area (Å²) in [6.45, 7) is 1.36. The molecule has 1 heterocycles. The summed E-state index contributed by atoms with van der Waals surface area (Å²) in [6.07, 6.45) is 2.55. The molecule has 1 aromatic carbocycles. The number of carbonyl (C=O) groups is 1. The van der Waals surface area contributed by atoms with E-state index in [0.717, 1.165) is 22.8 Å². The van der Waals surface area contributed by atoms with Crippen LogP contribution in [0, 0.1) is 0 Å². The van der Waals surface area contributed by atoms with E-state index in [1.807, 2.05) is 18.2 Å². The fourth-order valence-electron chi connectivity index (χ4n) is 2.37. The van der Waals surface area contributed by atoms with Gasteiger partial charge in [-0.3, -0.25) is 9.69 Å². The van der Waals surface area contributed by atoms with Crippen molar-refractivity contribution in [1.82, 2.24) is 9.88 Å². The van der Waals surface area contributed by atoms with Crippen molar-refractivity contribution in [2.45, 2.75) is 31.8 Å². The Morgan fingerprint density at radius 3 is 2.76 bits per heavy atom. The molecule has 0 atom stereocenters. The molecule has 0 amide bonds. The first-order valence-corrected chi connectivity index (χ1v) is 8.06. The SMILES string of the molecule is O=C(O)CCN(Cc1csc(-c2ccccc2)n1)C1CC1. The molecule has 1 aliphatic carbocycles. The number of hydrogen-bond donors (Lipinski definition) is 1. The lowest BCUT2D eigenvalue weighted by Crippen LogP contribution is -2.28. The van der Waals surface area contributed by atoms with Gasteiger partial charge >= 0.3 is 5.97 Å². The first-order valence-electron chi connectivity index (χ1n) is 7.18. The largest absolute Gasteiger partial charge is 0.481 e. The molecule has 110 valence electrons. The van der Waals surface area contributed by atoms with E-state index in [0.29, 0.717) is 12.6 Å². The summed E-state index contributed by atoms with van der Waals surface area (Å²) in [7, 11) is 0. The Labute approximate surface area is 128 Å². The van der Waals surface area contributed by atoms with Crippen LogP contribution in [0.3, 0.4) is 0 Å². The number of aromatic nitrogens is 1. The summed E-state index contributed by atoms with van der Waals surface area (Å²) in [6, 6.07) is 10.7. The number of nitrogens with zero attached hydrogens (tertiary/aromatic N) is 2. The van der Waals surface area contributed by atoms with Gasteiger partial charge in [-0.2, -0.15) is 0 Å². The second kappa shape index (κ2) is 6.37. The van der Waals surface area contributed by atoms with Gasteiger partial charge in [0.25, 0.3) is 0 Å². The van der Waals surface area contributed by atoms with Crippen LogP contribution >= 0.6 is 11.3 Å². The van der Waals surface area contributed by atoms with E-state index in [2.05, 4.69) is 27.4 Å². The number of carboxylic acids is 1. The van der Waals surface area contributed by atoms with E-state index < -0.39 is 5.97 Å². The fourth-order valence-corrected chi connectivity index (χ4v) is 3.19. The van der Waals surface area contributed by atoms with Crippen molar-refractivity contribution in [1.29, 1.82) is 0 Å². The molecule has 4 nitrogen and oxygen atoms in total. The highest BCUT2D eigenvalue weighted by Crippen LogP contribution is 2.30. The molecule has 0 unspecified atom stereocenters. The van der Waals surface area contributed by atoms with Gasteiger partial charge in [0, 0.05) is 30.1 Å². The molecule has 21 heavy (non-hydrogen) atoms. The van der Waals surface area contributed by atoms with Gasteiger partial charge in [-0.15, -0.1) is 11.3 Å². The highest BCUT2D eigenvalue weighted by molar-refractivity contribution is 7.13. The van der Waals surface area contributed by atoms with Gasteiger partial charge in [0.15, 0.2) is 0 Å². The maximum Gasteiger partial charge on any atom is 0.304 e. The van der Waals surface area contributed by atoms with E-state index >= 15 is 0 Å². The summed E-state index contributed by atoms with van der Waals surface area (Å²) in [5, 5.41) is 12.0. The first kappa shape index (κ1) is 14.2. The Bertz CT molecular complexity index is 608. The summed E-state index contributed by atoms with van der Waals surface area (Å²) < 4.78 is 0. The van der Waals surface area contributed by atoms with Crippen molar-refractivity contribution in [3.05, 3.63) is 41.4 Å². The average molecular weight is 302 g/mol. The molecule has 5 heteroatoms. The predicted octanol–water partition coefficient (Wildman–Crippen LogP) is 3.25. The van der Waals surface area contributed by atoms with Gasteiger partial charge in [-0.25, -0.2) is 4.98 Å². The molecule has 1 N–H and O–H groups in total. The number of thiazole rings is 1. The number of carboxylic acid groups (broad SMARTS) is 1. The van der Waals surface area contributed by atoms with Crippen molar-refractivity contribution in [3.63, 3.8) is 0 Å². The molecule has 2 aromatic rings. The van der Waals surface area contributed by atoms with Crippen LogP contribution in [0.5, 0.6) is 0 Å². The Hall–Kier alpha value is -1.72. The zero-order chi connectivity index (χ0) is 14.7. The van der Waals surface area contributed by atoms with Crippen molar-refractivity contribution in [3.8, 4) is 10.6 Å². The van der Waals surface area contributed by atoms with Gasteiger partial charge in [0.2, 0.25) is 0 Å². The number of aliphatic carboxylic acids is 1. The maximum absolute atomic E-state index is 10.7. The summed E-state index contributed by atoms with van der Waals surface area (Å²) in [5.74, 6) is -0.732. The Kier molecular flexibility index (Phi) is 4.31. The van der Waals surface area contributed by atoms with E-state index in [9.17, 15) is 4.79 Å². The number of benzene rings is 1. The van der Waals surface area contributed by atoms with Gasteiger partial charge in [0.05, 0.1) is 12.1 Å². The predicted molar refractivity (Wildman–Crippen MR) is 83.2 cm³/mol. The maximum atomic E-state index is 10.7. The van der Waals surface area contributed by atoms with Gasteiger partial charge in [-0.05, 0) is 12.8 Å². The molecular formula is C16H18N2O2S. The molecule has 1 aliphatic rings. The molecular weight excluding hydrogens is 284 g/mol. The van der Waals surface area contributed by atoms with E-state index in [-0.39, 0.29) is 6.42 Å². The van der Waals surface area contributed by atoms with Crippen LogP contribution in [0.1, 0.15) is 25.0 Å². The Morgan fingerprint density at radius 1 is 1.33 bits per heavy atom. The Balaban J connectivity index is 1.66.